The van der Waals surface area contributed by atoms with Crippen molar-refractivity contribution in [2.45, 2.75) is 50.9 Å². The standard InChI is InChI=1S/C11H19NO7.Li.H/c1-10(2,3)19-7(13)6(12)4-5-11(18,8(14)15)9(16)17;;/h6,18H,4-5,12H2,1-3H3,(H,14,15)(H,16,17);;. The number of carbonyl (C=O) groups is 3. The van der Waals surface area contributed by atoms with Crippen LogP contribution in [0, 0.1) is 0 Å². The molecular formula is C11H20LiNO7. The number of carboxylic acids is 2. The topological polar surface area (TPSA) is 147 Å². The van der Waals surface area contributed by atoms with Crippen molar-refractivity contribution in [2.24, 2.45) is 5.73 Å². The third-order valence-corrected chi connectivity index (χ3v) is 2.23. The van der Waals surface area contributed by atoms with Crippen LogP contribution < -0.4 is 5.73 Å². The maximum atomic E-state index is 11.5. The van der Waals surface area contributed by atoms with E-state index >= 15 is 0 Å². The molecule has 0 aliphatic heterocycles. The van der Waals surface area contributed by atoms with Gasteiger partial charge in [-0.1, -0.05) is 0 Å². The number of hydrogen-bond acceptors (Lipinski definition) is 6. The second-order valence-electron chi connectivity index (χ2n) is 5.15. The molecule has 0 bridgehead atoms. The third-order valence-electron chi connectivity index (χ3n) is 2.23. The summed E-state index contributed by atoms with van der Waals surface area (Å²) in [7, 11) is 0. The van der Waals surface area contributed by atoms with E-state index in [4.69, 9.17) is 20.7 Å². The Morgan fingerprint density at radius 1 is 1.15 bits per heavy atom. The van der Waals surface area contributed by atoms with Crippen molar-refractivity contribution in [1.29, 1.82) is 0 Å². The predicted molar refractivity (Wildman–Crippen MR) is 70.4 cm³/mol. The van der Waals surface area contributed by atoms with E-state index in [2.05, 4.69) is 0 Å². The van der Waals surface area contributed by atoms with Gasteiger partial charge in [0, 0.05) is 6.42 Å². The van der Waals surface area contributed by atoms with Gasteiger partial charge in [0.25, 0.3) is 5.60 Å². The number of aliphatic carboxylic acids is 2. The molecule has 0 heterocycles. The fourth-order valence-corrected chi connectivity index (χ4v) is 1.17. The summed E-state index contributed by atoms with van der Waals surface area (Å²) in [5.41, 5.74) is 1.74. The van der Waals surface area contributed by atoms with Crippen molar-refractivity contribution in [3.05, 3.63) is 0 Å². The van der Waals surface area contributed by atoms with Crippen molar-refractivity contribution in [3.63, 3.8) is 0 Å². The van der Waals surface area contributed by atoms with Gasteiger partial charge in [-0.15, -0.1) is 0 Å². The summed E-state index contributed by atoms with van der Waals surface area (Å²) < 4.78 is 4.95. The van der Waals surface area contributed by atoms with Crippen molar-refractivity contribution in [3.8, 4) is 0 Å². The number of aliphatic hydroxyl groups is 1. The Morgan fingerprint density at radius 3 is 1.85 bits per heavy atom. The zero-order valence-electron chi connectivity index (χ0n) is 11.0. The Kier molecular flexibility index (Phi) is 8.11. The second kappa shape index (κ2) is 7.64. The van der Waals surface area contributed by atoms with Gasteiger partial charge in [-0.2, -0.15) is 0 Å². The van der Waals surface area contributed by atoms with Crippen LogP contribution in [-0.2, 0) is 19.1 Å². The quantitative estimate of drug-likeness (QED) is 0.267. The summed E-state index contributed by atoms with van der Waals surface area (Å²) in [6, 6.07) is -1.20. The molecule has 0 radical (unpaired) electrons. The van der Waals surface area contributed by atoms with E-state index in [1.807, 2.05) is 0 Å². The Bertz CT molecular complexity index is 363. The van der Waals surface area contributed by atoms with Crippen LogP contribution in [0.25, 0.3) is 0 Å². The molecule has 0 aromatic heterocycles. The third kappa shape index (κ3) is 6.39. The normalized spacial score (nSPS) is 13.1. The molecule has 0 aromatic rings. The first-order valence-corrected chi connectivity index (χ1v) is 5.58. The summed E-state index contributed by atoms with van der Waals surface area (Å²) in [5, 5.41) is 26.7. The van der Waals surface area contributed by atoms with E-state index in [1.165, 1.54) is 0 Å². The van der Waals surface area contributed by atoms with E-state index in [-0.39, 0.29) is 25.3 Å². The molecule has 0 aliphatic rings. The van der Waals surface area contributed by atoms with E-state index in [0.717, 1.165) is 0 Å². The van der Waals surface area contributed by atoms with Crippen molar-refractivity contribution >= 4 is 36.8 Å². The zero-order valence-corrected chi connectivity index (χ0v) is 11.0. The number of carbonyl (C=O) groups excluding carboxylic acids is 1. The number of ether oxygens (including phenoxy) is 1. The molecule has 112 valence electrons. The number of esters is 1. The summed E-state index contributed by atoms with van der Waals surface area (Å²) in [6.45, 7) is 4.88. The van der Waals surface area contributed by atoms with Gasteiger partial charge >= 0.3 is 36.8 Å². The molecule has 0 fully saturated rings. The van der Waals surface area contributed by atoms with Crippen LogP contribution in [0.1, 0.15) is 33.6 Å². The first kappa shape index (κ1) is 21.2. The van der Waals surface area contributed by atoms with Gasteiger partial charge < -0.3 is 25.8 Å². The summed E-state index contributed by atoms with van der Waals surface area (Å²) >= 11 is 0. The van der Waals surface area contributed by atoms with Crippen molar-refractivity contribution in [1.82, 2.24) is 0 Å². The molecule has 1 unspecified atom stereocenters. The van der Waals surface area contributed by atoms with Crippen LogP contribution >= 0.6 is 0 Å². The minimum atomic E-state index is -2.96. The predicted octanol–water partition coefficient (Wildman–Crippen LogP) is -1.31. The molecule has 0 rings (SSSR count). The van der Waals surface area contributed by atoms with E-state index in [0.29, 0.717) is 0 Å². The van der Waals surface area contributed by atoms with E-state index in [1.54, 1.807) is 20.8 Å². The Morgan fingerprint density at radius 2 is 1.55 bits per heavy atom. The summed E-state index contributed by atoms with van der Waals surface area (Å²) in [4.78, 5) is 32.9. The van der Waals surface area contributed by atoms with Crippen LogP contribution in [0.3, 0.4) is 0 Å². The van der Waals surface area contributed by atoms with Crippen LogP contribution in [0.4, 0.5) is 0 Å². The van der Waals surface area contributed by atoms with Crippen LogP contribution in [-0.4, -0.2) is 69.3 Å². The average Bonchev–Trinajstić information content (AvgIpc) is 2.22. The number of carboxylic acid groups (broad SMARTS) is 2. The van der Waals surface area contributed by atoms with Gasteiger partial charge in [0.2, 0.25) is 0 Å². The fraction of sp³-hybridized carbons (Fsp3) is 0.727. The Hall–Kier alpha value is -1.07. The first-order chi connectivity index (χ1) is 8.40. The van der Waals surface area contributed by atoms with Crippen LogP contribution in [0.5, 0.6) is 0 Å². The van der Waals surface area contributed by atoms with Crippen molar-refractivity contribution in [2.75, 3.05) is 0 Å². The fourth-order valence-electron chi connectivity index (χ4n) is 1.17. The molecule has 0 saturated carbocycles. The molecule has 0 spiro atoms. The number of rotatable bonds is 6. The maximum absolute atomic E-state index is 11.5. The first-order valence-electron chi connectivity index (χ1n) is 5.58. The zero-order chi connectivity index (χ0) is 15.4. The molecular weight excluding hydrogens is 265 g/mol. The van der Waals surface area contributed by atoms with Crippen LogP contribution in [0.15, 0.2) is 0 Å². The molecule has 0 amide bonds. The van der Waals surface area contributed by atoms with Crippen LogP contribution in [0.2, 0.25) is 0 Å². The molecule has 0 saturated heterocycles. The van der Waals surface area contributed by atoms with Crippen molar-refractivity contribution < 1.29 is 34.4 Å². The SMILES string of the molecule is CC(C)(C)OC(=O)C(N)CCC(O)(C(=O)O)C(=O)O.[LiH]. The second-order valence-corrected chi connectivity index (χ2v) is 5.15. The summed E-state index contributed by atoms with van der Waals surface area (Å²) in [5.74, 6) is -4.60. The molecule has 9 heteroatoms. The monoisotopic (exact) mass is 285 g/mol. The Balaban J connectivity index is 0. The van der Waals surface area contributed by atoms with E-state index < -0.39 is 41.6 Å². The molecule has 20 heavy (non-hydrogen) atoms. The molecule has 0 aliphatic carbocycles. The number of hydrogen-bond donors (Lipinski definition) is 4. The molecule has 1 atom stereocenters. The Labute approximate surface area is 128 Å². The van der Waals surface area contributed by atoms with Gasteiger partial charge in [0.1, 0.15) is 11.6 Å². The molecule has 0 aromatic carbocycles. The van der Waals surface area contributed by atoms with Gasteiger partial charge in [0.15, 0.2) is 0 Å². The minimum absolute atomic E-state index is 0. The van der Waals surface area contributed by atoms with E-state index in [9.17, 15) is 19.5 Å². The van der Waals surface area contributed by atoms with Gasteiger partial charge in [-0.3, -0.25) is 4.79 Å². The van der Waals surface area contributed by atoms with Gasteiger partial charge in [0.05, 0.1) is 0 Å². The molecule has 5 N–H and O–H groups in total. The summed E-state index contributed by atoms with van der Waals surface area (Å²) in [6.07, 6.45) is -1.03. The number of nitrogens with two attached hydrogens (primary N) is 1. The van der Waals surface area contributed by atoms with Gasteiger partial charge in [-0.25, -0.2) is 9.59 Å². The van der Waals surface area contributed by atoms with Gasteiger partial charge in [-0.05, 0) is 27.2 Å². The average molecular weight is 285 g/mol. The molecule has 8 nitrogen and oxygen atoms in total.